The first-order valence-corrected chi connectivity index (χ1v) is 16.3. The van der Waals surface area contributed by atoms with Gasteiger partial charge in [-0.15, -0.1) is 22.7 Å². The molecule has 2 aliphatic rings. The topological polar surface area (TPSA) is 74.8 Å². The van der Waals surface area contributed by atoms with Crippen LogP contribution in [-0.4, -0.2) is 23.6 Å². The van der Waals surface area contributed by atoms with E-state index in [9.17, 15) is 19.2 Å². The van der Waals surface area contributed by atoms with E-state index in [0.29, 0.717) is 22.1 Å². The Balaban J connectivity index is 1.11. The monoisotopic (exact) mass is 630 g/mol. The van der Waals surface area contributed by atoms with Gasteiger partial charge in [-0.2, -0.15) is 0 Å². The number of carbonyl (C=O) groups excluding carboxylic acids is 4. The van der Waals surface area contributed by atoms with Gasteiger partial charge in [0.1, 0.15) is 0 Å². The molecule has 2 aliphatic heterocycles. The fraction of sp³-hybridized carbons (Fsp3) is 0. The molecule has 6 nitrogen and oxygen atoms in total. The second-order valence-corrected chi connectivity index (χ2v) is 13.7. The van der Waals surface area contributed by atoms with E-state index in [-0.39, 0.29) is 22.3 Å². The van der Waals surface area contributed by atoms with Gasteiger partial charge in [-0.05, 0) is 72.8 Å². The van der Waals surface area contributed by atoms with Crippen molar-refractivity contribution in [3.8, 4) is 0 Å². The van der Waals surface area contributed by atoms with E-state index >= 15 is 0 Å². The molecule has 8 aromatic rings. The van der Waals surface area contributed by atoms with Crippen LogP contribution in [0, 0.1) is 0 Å². The van der Waals surface area contributed by atoms with Gasteiger partial charge in [0.2, 0.25) is 0 Å². The summed E-state index contributed by atoms with van der Waals surface area (Å²) in [6.07, 6.45) is 0. The van der Waals surface area contributed by atoms with Gasteiger partial charge in [0, 0.05) is 73.4 Å². The van der Waals surface area contributed by atoms with Crippen LogP contribution < -0.4 is 9.80 Å². The molecule has 216 valence electrons. The van der Waals surface area contributed by atoms with Crippen molar-refractivity contribution in [2.45, 2.75) is 0 Å². The summed E-state index contributed by atoms with van der Waals surface area (Å²) in [6, 6.07) is 33.8. The van der Waals surface area contributed by atoms with Crippen LogP contribution in [0.15, 0.2) is 109 Å². The minimum atomic E-state index is -0.489. The van der Waals surface area contributed by atoms with E-state index in [4.69, 9.17) is 0 Å². The summed E-state index contributed by atoms with van der Waals surface area (Å²) >= 11 is 3.32. The zero-order valence-corrected chi connectivity index (χ0v) is 25.4. The highest BCUT2D eigenvalue weighted by atomic mass is 32.1. The van der Waals surface area contributed by atoms with Crippen LogP contribution in [-0.2, 0) is 0 Å². The Kier molecular flexibility index (Phi) is 4.98. The number of nitrogens with zero attached hydrogens (tertiary/aromatic N) is 2. The molecule has 46 heavy (non-hydrogen) atoms. The summed E-state index contributed by atoms with van der Waals surface area (Å²) < 4.78 is 4.38. The first-order valence-electron chi connectivity index (χ1n) is 14.7. The number of rotatable bonds is 2. The first-order chi connectivity index (χ1) is 22.5. The molecule has 0 N–H and O–H groups in total. The quantitative estimate of drug-likeness (QED) is 0.179. The van der Waals surface area contributed by atoms with Crippen molar-refractivity contribution in [3.05, 3.63) is 131 Å². The molecule has 0 spiro atoms. The summed E-state index contributed by atoms with van der Waals surface area (Å²) in [5, 5.41) is 4.77. The highest BCUT2D eigenvalue weighted by Crippen LogP contribution is 2.43. The molecule has 0 saturated carbocycles. The summed E-state index contributed by atoms with van der Waals surface area (Å²) in [7, 11) is 0. The van der Waals surface area contributed by atoms with Gasteiger partial charge >= 0.3 is 0 Å². The lowest BCUT2D eigenvalue weighted by Crippen LogP contribution is -2.43. The SMILES string of the molecule is O=C1c2ccc3c4c(ccc(c24)C(=O)N1c1ccc2sc4ccccc4c2c1)C(=O)N(c1ccc2sc4ccccc4c2c1)C3=O. The van der Waals surface area contributed by atoms with Crippen LogP contribution in [0.4, 0.5) is 11.4 Å². The molecule has 0 radical (unpaired) electrons. The molecule has 0 aliphatic carbocycles. The maximum Gasteiger partial charge on any atom is 0.265 e. The summed E-state index contributed by atoms with van der Waals surface area (Å²) in [6.45, 7) is 0. The van der Waals surface area contributed by atoms with Gasteiger partial charge in [-0.25, -0.2) is 9.80 Å². The average Bonchev–Trinajstić information content (AvgIpc) is 3.64. The Hall–Kier alpha value is -5.70. The molecule has 4 heterocycles. The number of thiophene rings is 2. The number of benzene rings is 6. The first kappa shape index (κ1) is 25.6. The van der Waals surface area contributed by atoms with Crippen LogP contribution >= 0.6 is 22.7 Å². The van der Waals surface area contributed by atoms with E-state index < -0.39 is 23.6 Å². The van der Waals surface area contributed by atoms with E-state index in [1.165, 1.54) is 9.80 Å². The molecule has 2 aromatic heterocycles. The Morgan fingerprint density at radius 1 is 0.370 bits per heavy atom. The Morgan fingerprint density at radius 2 is 0.717 bits per heavy atom. The van der Waals surface area contributed by atoms with Crippen molar-refractivity contribution < 1.29 is 19.2 Å². The Labute approximate surface area is 268 Å². The minimum Gasteiger partial charge on any atom is -0.268 e. The van der Waals surface area contributed by atoms with Crippen LogP contribution in [0.25, 0.3) is 51.1 Å². The molecule has 0 unspecified atom stereocenters. The van der Waals surface area contributed by atoms with Crippen molar-refractivity contribution in [1.29, 1.82) is 0 Å². The van der Waals surface area contributed by atoms with E-state index in [2.05, 4.69) is 12.1 Å². The zero-order chi connectivity index (χ0) is 30.8. The third-order valence-electron chi connectivity index (χ3n) is 9.13. The van der Waals surface area contributed by atoms with Crippen molar-refractivity contribution in [2.75, 3.05) is 9.80 Å². The van der Waals surface area contributed by atoms with Crippen LogP contribution in [0.1, 0.15) is 41.4 Å². The molecule has 10 rings (SSSR count). The van der Waals surface area contributed by atoms with Crippen LogP contribution in [0.2, 0.25) is 0 Å². The van der Waals surface area contributed by atoms with Gasteiger partial charge in [-0.1, -0.05) is 36.4 Å². The Bertz CT molecular complexity index is 2500. The molecule has 8 heteroatoms. The predicted molar refractivity (Wildman–Crippen MR) is 185 cm³/mol. The second kappa shape index (κ2) is 8.94. The third-order valence-corrected chi connectivity index (χ3v) is 11.4. The smallest absolute Gasteiger partial charge is 0.265 e. The highest BCUT2D eigenvalue weighted by Gasteiger charge is 2.40. The Morgan fingerprint density at radius 3 is 1.11 bits per heavy atom. The summed E-state index contributed by atoms with van der Waals surface area (Å²) in [5.74, 6) is -1.95. The fourth-order valence-electron chi connectivity index (χ4n) is 7.05. The highest BCUT2D eigenvalue weighted by molar-refractivity contribution is 7.26. The van der Waals surface area contributed by atoms with Gasteiger partial charge in [-0.3, -0.25) is 19.2 Å². The molecular formula is C38H18N2O4S2. The minimum absolute atomic E-state index is 0.283. The number of fused-ring (bicyclic) bond motifs is 6. The van der Waals surface area contributed by atoms with Crippen molar-refractivity contribution in [3.63, 3.8) is 0 Å². The molecule has 0 saturated heterocycles. The summed E-state index contributed by atoms with van der Waals surface area (Å²) in [5.41, 5.74) is 2.08. The van der Waals surface area contributed by atoms with Gasteiger partial charge in [0.25, 0.3) is 23.6 Å². The fourth-order valence-corrected chi connectivity index (χ4v) is 9.22. The van der Waals surface area contributed by atoms with Crippen molar-refractivity contribution in [1.82, 2.24) is 0 Å². The third kappa shape index (κ3) is 3.24. The van der Waals surface area contributed by atoms with E-state index in [0.717, 1.165) is 40.3 Å². The maximum atomic E-state index is 14.1. The predicted octanol–water partition coefficient (Wildman–Crippen LogP) is 9.18. The van der Waals surface area contributed by atoms with E-state index in [1.807, 2.05) is 60.7 Å². The summed E-state index contributed by atoms with van der Waals surface area (Å²) in [4.78, 5) is 58.7. The molecule has 0 fully saturated rings. The van der Waals surface area contributed by atoms with Gasteiger partial charge in [0.15, 0.2) is 0 Å². The zero-order valence-electron chi connectivity index (χ0n) is 23.7. The second-order valence-electron chi connectivity index (χ2n) is 11.5. The number of anilines is 2. The largest absolute Gasteiger partial charge is 0.268 e. The van der Waals surface area contributed by atoms with Gasteiger partial charge in [0.05, 0.1) is 11.4 Å². The van der Waals surface area contributed by atoms with Crippen LogP contribution in [0.5, 0.6) is 0 Å². The lowest BCUT2D eigenvalue weighted by molar-refractivity contribution is 0.0873. The van der Waals surface area contributed by atoms with Crippen molar-refractivity contribution >= 4 is 109 Å². The molecule has 0 atom stereocenters. The number of amides is 4. The molecule has 6 aromatic carbocycles. The number of imide groups is 2. The number of hydrogen-bond acceptors (Lipinski definition) is 6. The molecule has 0 bridgehead atoms. The maximum absolute atomic E-state index is 14.1. The normalized spacial score (nSPS) is 14.6. The van der Waals surface area contributed by atoms with E-state index in [1.54, 1.807) is 59.1 Å². The lowest BCUT2D eigenvalue weighted by Gasteiger charge is -2.32. The number of hydrogen-bond donors (Lipinski definition) is 0. The number of carbonyl (C=O) groups is 4. The van der Waals surface area contributed by atoms with Crippen molar-refractivity contribution in [2.24, 2.45) is 0 Å². The lowest BCUT2D eigenvalue weighted by atomic mass is 9.85. The van der Waals surface area contributed by atoms with Gasteiger partial charge < -0.3 is 0 Å². The van der Waals surface area contributed by atoms with Crippen LogP contribution in [0.3, 0.4) is 0 Å². The molecular weight excluding hydrogens is 613 g/mol. The molecule has 4 amide bonds. The standard InChI is InChI=1S/C38H18N2O4S2/c41-35-23-11-13-25-34-26(38(44)40(37(25)43)20-10-16-32-28(18-20)22-6-2-4-8-30(22)46-32)14-12-24(33(23)34)36(42)39(35)19-9-15-31-27(17-19)21-5-1-3-7-29(21)45-31/h1-18H. The average molecular weight is 631 g/mol.